The number of ether oxygens (including phenoxy) is 1. The highest BCUT2D eigenvalue weighted by atomic mass is 16.5. The zero-order valence-corrected chi connectivity index (χ0v) is 9.01. The Morgan fingerprint density at radius 1 is 1.46 bits per heavy atom. The van der Waals surface area contributed by atoms with Gasteiger partial charge < -0.3 is 10.5 Å². The minimum Gasteiger partial charge on any atom is -0.378 e. The molecule has 0 bridgehead atoms. The third-order valence-corrected chi connectivity index (χ3v) is 3.26. The van der Waals surface area contributed by atoms with Crippen LogP contribution in [0.15, 0.2) is 0 Å². The normalized spacial score (nSPS) is 22.4. The van der Waals surface area contributed by atoms with Gasteiger partial charge in [-0.25, -0.2) is 0 Å². The largest absolute Gasteiger partial charge is 0.378 e. The molecule has 1 saturated carbocycles. The predicted octanol–water partition coefficient (Wildman–Crippen LogP) is 2.46. The Kier molecular flexibility index (Phi) is 4.20. The molecule has 1 aliphatic rings. The van der Waals surface area contributed by atoms with Crippen LogP contribution >= 0.6 is 0 Å². The molecule has 1 fully saturated rings. The van der Waals surface area contributed by atoms with E-state index in [4.69, 9.17) is 10.5 Å². The van der Waals surface area contributed by atoms with E-state index >= 15 is 0 Å². The first-order valence-corrected chi connectivity index (χ1v) is 5.53. The van der Waals surface area contributed by atoms with Gasteiger partial charge in [0.2, 0.25) is 0 Å². The number of hydrogen-bond acceptors (Lipinski definition) is 2. The van der Waals surface area contributed by atoms with E-state index in [0.717, 1.165) is 12.8 Å². The van der Waals surface area contributed by atoms with Crippen molar-refractivity contribution in [1.29, 1.82) is 0 Å². The molecule has 2 nitrogen and oxygen atoms in total. The summed E-state index contributed by atoms with van der Waals surface area (Å²) in [7, 11) is 1.83. The van der Waals surface area contributed by atoms with Gasteiger partial charge in [-0.3, -0.25) is 0 Å². The van der Waals surface area contributed by atoms with E-state index in [0.29, 0.717) is 6.04 Å². The fourth-order valence-corrected chi connectivity index (χ4v) is 2.11. The van der Waals surface area contributed by atoms with Gasteiger partial charge in [0.05, 0.1) is 5.60 Å². The molecule has 13 heavy (non-hydrogen) atoms. The van der Waals surface area contributed by atoms with E-state index < -0.39 is 0 Å². The van der Waals surface area contributed by atoms with Crippen LogP contribution in [0.2, 0.25) is 0 Å². The highest BCUT2D eigenvalue weighted by molar-refractivity contribution is 4.92. The molecule has 1 rings (SSSR count). The Bertz CT molecular complexity index is 138. The van der Waals surface area contributed by atoms with Crippen LogP contribution in [0.25, 0.3) is 0 Å². The van der Waals surface area contributed by atoms with E-state index in [1.807, 2.05) is 7.11 Å². The number of nitrogens with two attached hydrogens (primary N) is 1. The lowest BCUT2D eigenvalue weighted by atomic mass is 9.75. The Morgan fingerprint density at radius 2 is 2.15 bits per heavy atom. The van der Waals surface area contributed by atoms with Crippen LogP contribution in [0.1, 0.15) is 51.9 Å². The molecule has 1 aliphatic carbocycles. The smallest absolute Gasteiger partial charge is 0.0693 e. The lowest BCUT2D eigenvalue weighted by Gasteiger charge is -2.42. The summed E-state index contributed by atoms with van der Waals surface area (Å²) in [6.45, 7) is 2.21. The second-order valence-corrected chi connectivity index (χ2v) is 4.35. The first-order valence-electron chi connectivity index (χ1n) is 5.53. The molecule has 1 atom stereocenters. The molecular weight excluding hydrogens is 162 g/mol. The fraction of sp³-hybridized carbons (Fsp3) is 1.00. The monoisotopic (exact) mass is 185 g/mol. The first-order chi connectivity index (χ1) is 6.22. The van der Waals surface area contributed by atoms with Gasteiger partial charge in [0.25, 0.3) is 0 Å². The molecule has 0 aliphatic heterocycles. The molecular formula is C11H23NO. The van der Waals surface area contributed by atoms with Crippen LogP contribution in [0, 0.1) is 0 Å². The molecule has 78 valence electrons. The summed E-state index contributed by atoms with van der Waals surface area (Å²) in [6, 6.07) is 0.347. The summed E-state index contributed by atoms with van der Waals surface area (Å²) >= 11 is 0. The summed E-state index contributed by atoms with van der Waals surface area (Å²) in [5.74, 6) is 0. The van der Waals surface area contributed by atoms with Gasteiger partial charge in [0.15, 0.2) is 0 Å². The van der Waals surface area contributed by atoms with E-state index in [1.54, 1.807) is 0 Å². The van der Waals surface area contributed by atoms with Crippen molar-refractivity contribution in [3.05, 3.63) is 0 Å². The van der Waals surface area contributed by atoms with Crippen molar-refractivity contribution in [2.75, 3.05) is 7.11 Å². The zero-order chi connectivity index (χ0) is 9.73. The summed E-state index contributed by atoms with van der Waals surface area (Å²) in [5.41, 5.74) is 6.21. The van der Waals surface area contributed by atoms with Gasteiger partial charge in [-0.15, -0.1) is 0 Å². The Labute approximate surface area is 81.8 Å². The topological polar surface area (TPSA) is 35.2 Å². The molecule has 0 aromatic rings. The van der Waals surface area contributed by atoms with Crippen molar-refractivity contribution in [3.8, 4) is 0 Å². The molecule has 2 N–H and O–H groups in total. The SMILES string of the molecule is CCCCC(N)CC1(OC)CCC1. The fourth-order valence-electron chi connectivity index (χ4n) is 2.11. The van der Waals surface area contributed by atoms with Crippen LogP contribution in [0.5, 0.6) is 0 Å². The molecule has 0 heterocycles. The van der Waals surface area contributed by atoms with Crippen molar-refractivity contribution in [1.82, 2.24) is 0 Å². The van der Waals surface area contributed by atoms with Crippen LogP contribution in [0.3, 0.4) is 0 Å². The summed E-state index contributed by atoms with van der Waals surface area (Å²) in [5, 5.41) is 0. The van der Waals surface area contributed by atoms with Crippen molar-refractivity contribution in [3.63, 3.8) is 0 Å². The molecule has 1 unspecified atom stereocenters. The number of hydrogen-bond donors (Lipinski definition) is 1. The highest BCUT2D eigenvalue weighted by Crippen LogP contribution is 2.39. The van der Waals surface area contributed by atoms with Crippen LogP contribution in [0.4, 0.5) is 0 Å². The van der Waals surface area contributed by atoms with Gasteiger partial charge in [0.1, 0.15) is 0 Å². The van der Waals surface area contributed by atoms with Crippen LogP contribution in [-0.4, -0.2) is 18.8 Å². The molecule has 0 radical (unpaired) electrons. The average Bonchev–Trinajstić information content (AvgIpc) is 2.08. The second kappa shape index (κ2) is 4.97. The minimum atomic E-state index is 0.160. The first kappa shape index (κ1) is 11.0. The maximum Gasteiger partial charge on any atom is 0.0693 e. The van der Waals surface area contributed by atoms with E-state index in [1.165, 1.54) is 32.1 Å². The molecule has 0 aromatic carbocycles. The maximum atomic E-state index is 6.05. The van der Waals surface area contributed by atoms with Gasteiger partial charge in [-0.2, -0.15) is 0 Å². The van der Waals surface area contributed by atoms with Crippen LogP contribution < -0.4 is 5.73 Å². The van der Waals surface area contributed by atoms with Crippen LogP contribution in [-0.2, 0) is 4.74 Å². The van der Waals surface area contributed by atoms with Gasteiger partial charge in [-0.05, 0) is 32.1 Å². The van der Waals surface area contributed by atoms with E-state index in [2.05, 4.69) is 6.92 Å². The molecule has 2 heteroatoms. The summed E-state index contributed by atoms with van der Waals surface area (Å²) in [4.78, 5) is 0. The third-order valence-electron chi connectivity index (χ3n) is 3.26. The van der Waals surface area contributed by atoms with Crippen molar-refractivity contribution in [2.24, 2.45) is 5.73 Å². The van der Waals surface area contributed by atoms with Gasteiger partial charge >= 0.3 is 0 Å². The molecule has 0 spiro atoms. The number of rotatable bonds is 6. The van der Waals surface area contributed by atoms with Crippen molar-refractivity contribution >= 4 is 0 Å². The van der Waals surface area contributed by atoms with E-state index in [-0.39, 0.29) is 5.60 Å². The van der Waals surface area contributed by atoms with Gasteiger partial charge in [-0.1, -0.05) is 19.8 Å². The van der Waals surface area contributed by atoms with Crippen molar-refractivity contribution in [2.45, 2.75) is 63.5 Å². The summed E-state index contributed by atoms with van der Waals surface area (Å²) in [6.07, 6.45) is 8.45. The van der Waals surface area contributed by atoms with Crippen molar-refractivity contribution < 1.29 is 4.74 Å². The molecule has 0 saturated heterocycles. The second-order valence-electron chi connectivity index (χ2n) is 4.35. The average molecular weight is 185 g/mol. The summed E-state index contributed by atoms with van der Waals surface area (Å²) < 4.78 is 5.54. The molecule has 0 amide bonds. The Hall–Kier alpha value is -0.0800. The number of unbranched alkanes of at least 4 members (excludes halogenated alkanes) is 1. The zero-order valence-electron chi connectivity index (χ0n) is 9.01. The van der Waals surface area contributed by atoms with E-state index in [9.17, 15) is 0 Å². The standard InChI is InChI=1S/C11H23NO/c1-3-4-6-10(12)9-11(13-2)7-5-8-11/h10H,3-9,12H2,1-2H3. The quantitative estimate of drug-likeness (QED) is 0.690. The van der Waals surface area contributed by atoms with Gasteiger partial charge in [0, 0.05) is 13.2 Å². The minimum absolute atomic E-state index is 0.160. The lowest BCUT2D eigenvalue weighted by molar-refractivity contribution is -0.0818. The third kappa shape index (κ3) is 2.96. The molecule has 0 aromatic heterocycles. The maximum absolute atomic E-state index is 6.05. The Balaban J connectivity index is 2.21. The lowest BCUT2D eigenvalue weighted by Crippen LogP contribution is -2.44. The highest BCUT2D eigenvalue weighted by Gasteiger charge is 2.37. The predicted molar refractivity (Wildman–Crippen MR) is 55.7 cm³/mol. The number of methoxy groups -OCH3 is 1. The Morgan fingerprint density at radius 3 is 2.54 bits per heavy atom.